The molecule has 0 radical (unpaired) electrons. The fourth-order valence-corrected chi connectivity index (χ4v) is 2.00. The van der Waals surface area contributed by atoms with Crippen molar-refractivity contribution in [3.63, 3.8) is 0 Å². The molecule has 1 atom stereocenters. The Morgan fingerprint density at radius 3 is 2.30 bits per heavy atom. The number of carboxylic acid groups (broad SMARTS) is 1. The molecule has 0 bridgehead atoms. The molecule has 0 aliphatic carbocycles. The van der Waals surface area contributed by atoms with Crippen LogP contribution in [-0.2, 0) is 22.6 Å². The Bertz CT molecular complexity index is 656. The zero-order valence-electron chi connectivity index (χ0n) is 12.4. The van der Waals surface area contributed by atoms with Crippen LogP contribution in [0.3, 0.4) is 0 Å². The highest BCUT2D eigenvalue weighted by molar-refractivity contribution is 5.80. The van der Waals surface area contributed by atoms with Gasteiger partial charge in [-0.3, -0.25) is 0 Å². The van der Waals surface area contributed by atoms with E-state index in [4.69, 9.17) is 10.5 Å². The molecule has 120 valence electrons. The van der Waals surface area contributed by atoms with Crippen molar-refractivity contribution < 1.29 is 19.4 Å². The molecule has 0 heterocycles. The molecular formula is C17H18N2O4. The number of anilines is 1. The third-order valence-corrected chi connectivity index (χ3v) is 3.22. The number of carbonyl (C=O) groups is 2. The summed E-state index contributed by atoms with van der Waals surface area (Å²) in [4.78, 5) is 23.0. The summed E-state index contributed by atoms with van der Waals surface area (Å²) < 4.78 is 5.03. The maximum absolute atomic E-state index is 11.8. The average Bonchev–Trinajstić information content (AvgIpc) is 2.55. The lowest BCUT2D eigenvalue weighted by Gasteiger charge is -2.15. The lowest BCUT2D eigenvalue weighted by atomic mass is 10.1. The number of rotatable bonds is 6. The molecule has 2 aromatic carbocycles. The van der Waals surface area contributed by atoms with Crippen molar-refractivity contribution in [3.05, 3.63) is 65.7 Å². The second-order valence-electron chi connectivity index (χ2n) is 5.04. The van der Waals surface area contributed by atoms with E-state index in [1.54, 1.807) is 24.3 Å². The van der Waals surface area contributed by atoms with Gasteiger partial charge in [0.1, 0.15) is 12.6 Å². The Morgan fingerprint density at radius 1 is 1.04 bits per heavy atom. The van der Waals surface area contributed by atoms with Crippen LogP contribution in [0.15, 0.2) is 54.6 Å². The minimum Gasteiger partial charge on any atom is -0.480 e. The smallest absolute Gasteiger partial charge is 0.408 e. The van der Waals surface area contributed by atoms with E-state index < -0.39 is 18.1 Å². The SMILES string of the molecule is Nc1ccc(C[C@@H](NC(=O)OCc2ccccc2)C(=O)O)cc1. The lowest BCUT2D eigenvalue weighted by Crippen LogP contribution is -2.42. The van der Waals surface area contributed by atoms with Crippen molar-refractivity contribution in [2.75, 3.05) is 5.73 Å². The molecule has 0 aliphatic heterocycles. The second-order valence-corrected chi connectivity index (χ2v) is 5.04. The molecule has 1 amide bonds. The van der Waals surface area contributed by atoms with Gasteiger partial charge in [0.2, 0.25) is 0 Å². The predicted octanol–water partition coefficient (Wildman–Crippen LogP) is 2.19. The number of nitrogens with one attached hydrogen (secondary N) is 1. The van der Waals surface area contributed by atoms with Crippen LogP contribution < -0.4 is 11.1 Å². The first-order valence-electron chi connectivity index (χ1n) is 7.09. The molecule has 0 unspecified atom stereocenters. The molecule has 4 N–H and O–H groups in total. The van der Waals surface area contributed by atoms with Crippen LogP contribution in [0.1, 0.15) is 11.1 Å². The zero-order chi connectivity index (χ0) is 16.7. The van der Waals surface area contributed by atoms with Crippen molar-refractivity contribution in [2.24, 2.45) is 0 Å². The van der Waals surface area contributed by atoms with E-state index in [0.29, 0.717) is 5.69 Å². The normalized spacial score (nSPS) is 11.5. The summed E-state index contributed by atoms with van der Waals surface area (Å²) in [6, 6.07) is 14.9. The second kappa shape index (κ2) is 7.84. The maximum atomic E-state index is 11.8. The minimum absolute atomic E-state index is 0.0842. The van der Waals surface area contributed by atoms with E-state index in [0.717, 1.165) is 11.1 Å². The molecule has 2 rings (SSSR count). The average molecular weight is 314 g/mol. The molecule has 0 fully saturated rings. The van der Waals surface area contributed by atoms with E-state index in [-0.39, 0.29) is 13.0 Å². The highest BCUT2D eigenvalue weighted by atomic mass is 16.5. The Morgan fingerprint density at radius 2 is 1.70 bits per heavy atom. The number of carbonyl (C=O) groups excluding carboxylic acids is 1. The van der Waals surface area contributed by atoms with E-state index >= 15 is 0 Å². The number of carboxylic acids is 1. The van der Waals surface area contributed by atoms with Gasteiger partial charge in [0.25, 0.3) is 0 Å². The predicted molar refractivity (Wildman–Crippen MR) is 85.7 cm³/mol. The zero-order valence-corrected chi connectivity index (χ0v) is 12.4. The summed E-state index contributed by atoms with van der Waals surface area (Å²) >= 11 is 0. The number of alkyl carbamates (subject to hydrolysis) is 1. The summed E-state index contributed by atoms with van der Waals surface area (Å²) in [7, 11) is 0. The number of ether oxygens (including phenoxy) is 1. The van der Waals surface area contributed by atoms with Crippen LogP contribution in [0.25, 0.3) is 0 Å². The molecular weight excluding hydrogens is 296 g/mol. The summed E-state index contributed by atoms with van der Waals surface area (Å²) in [6.07, 6.45) is -0.618. The molecule has 0 aliphatic rings. The van der Waals surface area contributed by atoms with Gasteiger partial charge in [-0.1, -0.05) is 42.5 Å². The molecule has 6 heteroatoms. The third kappa shape index (κ3) is 5.35. The largest absolute Gasteiger partial charge is 0.480 e. The molecule has 6 nitrogen and oxygen atoms in total. The number of hydrogen-bond acceptors (Lipinski definition) is 4. The van der Waals surface area contributed by atoms with Crippen molar-refractivity contribution in [1.29, 1.82) is 0 Å². The monoisotopic (exact) mass is 314 g/mol. The van der Waals surface area contributed by atoms with Crippen LogP contribution in [0.2, 0.25) is 0 Å². The Hall–Kier alpha value is -3.02. The van der Waals surface area contributed by atoms with Crippen LogP contribution in [-0.4, -0.2) is 23.2 Å². The standard InChI is InChI=1S/C17H18N2O4/c18-14-8-6-12(7-9-14)10-15(16(20)21)19-17(22)23-11-13-4-2-1-3-5-13/h1-9,15H,10-11,18H2,(H,19,22)(H,20,21)/t15-/m1/s1. The number of amides is 1. The number of benzene rings is 2. The van der Waals surface area contributed by atoms with Gasteiger partial charge in [-0.05, 0) is 23.3 Å². The first kappa shape index (κ1) is 16.4. The first-order chi connectivity index (χ1) is 11.0. The lowest BCUT2D eigenvalue weighted by molar-refractivity contribution is -0.139. The van der Waals surface area contributed by atoms with Crippen LogP contribution in [0.4, 0.5) is 10.5 Å². The first-order valence-corrected chi connectivity index (χ1v) is 7.09. The Kier molecular flexibility index (Phi) is 5.57. The van der Waals surface area contributed by atoms with E-state index in [9.17, 15) is 14.7 Å². The van der Waals surface area contributed by atoms with Gasteiger partial charge < -0.3 is 20.9 Å². The van der Waals surface area contributed by atoms with Gasteiger partial charge in [-0.2, -0.15) is 0 Å². The van der Waals surface area contributed by atoms with Crippen molar-refractivity contribution in [2.45, 2.75) is 19.1 Å². The van der Waals surface area contributed by atoms with Gasteiger partial charge in [-0.25, -0.2) is 9.59 Å². The highest BCUT2D eigenvalue weighted by Gasteiger charge is 2.21. The van der Waals surface area contributed by atoms with Crippen LogP contribution in [0, 0.1) is 0 Å². The summed E-state index contributed by atoms with van der Waals surface area (Å²) in [5.41, 5.74) is 7.77. The number of aliphatic carboxylic acids is 1. The fraction of sp³-hybridized carbons (Fsp3) is 0.176. The highest BCUT2D eigenvalue weighted by Crippen LogP contribution is 2.08. The van der Waals surface area contributed by atoms with Crippen molar-refractivity contribution >= 4 is 17.7 Å². The fourth-order valence-electron chi connectivity index (χ4n) is 2.00. The van der Waals surface area contributed by atoms with E-state index in [2.05, 4.69) is 5.32 Å². The van der Waals surface area contributed by atoms with E-state index in [1.165, 1.54) is 0 Å². The van der Waals surface area contributed by atoms with Crippen molar-refractivity contribution in [3.8, 4) is 0 Å². The molecule has 0 saturated carbocycles. The van der Waals surface area contributed by atoms with Gasteiger partial charge >= 0.3 is 12.1 Å². The van der Waals surface area contributed by atoms with Crippen LogP contribution in [0.5, 0.6) is 0 Å². The van der Waals surface area contributed by atoms with Gasteiger partial charge in [0.05, 0.1) is 0 Å². The topological polar surface area (TPSA) is 102 Å². The molecule has 0 aromatic heterocycles. The maximum Gasteiger partial charge on any atom is 0.408 e. The van der Waals surface area contributed by atoms with Gasteiger partial charge in [0.15, 0.2) is 0 Å². The molecule has 0 saturated heterocycles. The third-order valence-electron chi connectivity index (χ3n) is 3.22. The number of nitrogens with two attached hydrogens (primary N) is 1. The quantitative estimate of drug-likeness (QED) is 0.709. The summed E-state index contributed by atoms with van der Waals surface area (Å²) in [5.74, 6) is -1.13. The molecule has 2 aromatic rings. The molecule has 23 heavy (non-hydrogen) atoms. The summed E-state index contributed by atoms with van der Waals surface area (Å²) in [5, 5.41) is 11.6. The van der Waals surface area contributed by atoms with E-state index in [1.807, 2.05) is 30.3 Å². The van der Waals surface area contributed by atoms with Crippen LogP contribution >= 0.6 is 0 Å². The number of nitrogen functional groups attached to an aromatic ring is 1. The van der Waals surface area contributed by atoms with Gasteiger partial charge in [-0.15, -0.1) is 0 Å². The Balaban J connectivity index is 1.89. The number of hydrogen-bond donors (Lipinski definition) is 3. The minimum atomic E-state index is -1.13. The van der Waals surface area contributed by atoms with Gasteiger partial charge in [0, 0.05) is 12.1 Å². The molecule has 0 spiro atoms. The van der Waals surface area contributed by atoms with Crippen molar-refractivity contribution in [1.82, 2.24) is 5.32 Å². The summed E-state index contributed by atoms with van der Waals surface area (Å²) in [6.45, 7) is 0.0842. The Labute approximate surface area is 133 Å².